The maximum Gasteiger partial charge on any atom is 0.422 e. The van der Waals surface area contributed by atoms with E-state index in [1.54, 1.807) is 0 Å². The zero-order valence-corrected chi connectivity index (χ0v) is 14.0. The molecule has 0 unspecified atom stereocenters. The summed E-state index contributed by atoms with van der Waals surface area (Å²) in [6.07, 6.45) is -5.38. The second-order valence-corrected chi connectivity index (χ2v) is 6.13. The van der Waals surface area contributed by atoms with Gasteiger partial charge in [-0.05, 0) is 25.7 Å². The van der Waals surface area contributed by atoms with Gasteiger partial charge in [-0.1, -0.05) is 5.10 Å². The van der Waals surface area contributed by atoms with Crippen LogP contribution in [0.25, 0.3) is 0 Å². The smallest absolute Gasteiger partial charge is 0.422 e. The zero-order chi connectivity index (χ0) is 20.1. The molecule has 1 amide bonds. The van der Waals surface area contributed by atoms with Crippen LogP contribution in [0.3, 0.4) is 0 Å². The monoisotopic (exact) mass is 382 g/mol. The Bertz CT molecular complexity index is 668. The summed E-state index contributed by atoms with van der Waals surface area (Å²) in [4.78, 5) is 33.7. The highest BCUT2D eigenvalue weighted by Gasteiger charge is 2.34. The molecule has 1 aromatic heterocycles. The standard InChI is InChI=1S/C13H17F3N4O6/c1-12(2,3)26-11(22)18-8(10(21)25-6-13(14,15)16)4-7-5-17-19-9(7)20(23)24/h5,8H,4,6H2,1-3H3,(H,17,19)(H,18,22)/t8-/m0/s1. The molecule has 0 saturated heterocycles. The molecule has 2 N–H and O–H groups in total. The summed E-state index contributed by atoms with van der Waals surface area (Å²) in [5, 5.41) is 18.4. The van der Waals surface area contributed by atoms with E-state index in [-0.39, 0.29) is 5.56 Å². The van der Waals surface area contributed by atoms with E-state index in [0.29, 0.717) is 0 Å². The predicted molar refractivity (Wildman–Crippen MR) is 79.1 cm³/mol. The van der Waals surface area contributed by atoms with Crippen molar-refractivity contribution in [3.63, 3.8) is 0 Å². The fraction of sp³-hybridized carbons (Fsp3) is 0.615. The van der Waals surface area contributed by atoms with Gasteiger partial charge in [0, 0.05) is 6.42 Å². The quantitative estimate of drug-likeness (QED) is 0.435. The number of aromatic amines is 1. The maximum atomic E-state index is 12.2. The second kappa shape index (κ2) is 8.01. The molecule has 1 heterocycles. The molecule has 0 bridgehead atoms. The summed E-state index contributed by atoms with van der Waals surface area (Å²) >= 11 is 0. The van der Waals surface area contributed by atoms with E-state index in [4.69, 9.17) is 4.74 Å². The molecule has 1 aromatic rings. The first-order valence-corrected chi connectivity index (χ1v) is 7.18. The molecular weight excluding hydrogens is 365 g/mol. The maximum absolute atomic E-state index is 12.2. The number of nitrogens with one attached hydrogen (secondary N) is 2. The number of amides is 1. The lowest BCUT2D eigenvalue weighted by atomic mass is 10.1. The molecule has 26 heavy (non-hydrogen) atoms. The second-order valence-electron chi connectivity index (χ2n) is 6.13. The van der Waals surface area contributed by atoms with Gasteiger partial charge in [-0.3, -0.25) is 0 Å². The fourth-order valence-corrected chi connectivity index (χ4v) is 1.73. The van der Waals surface area contributed by atoms with Crippen molar-refractivity contribution in [2.45, 2.75) is 45.0 Å². The number of nitrogens with zero attached hydrogens (tertiary/aromatic N) is 2. The van der Waals surface area contributed by atoms with Gasteiger partial charge in [-0.25, -0.2) is 9.59 Å². The van der Waals surface area contributed by atoms with Crippen LogP contribution in [0.1, 0.15) is 26.3 Å². The van der Waals surface area contributed by atoms with Gasteiger partial charge in [0.15, 0.2) is 6.61 Å². The van der Waals surface area contributed by atoms with Crippen LogP contribution in [0.2, 0.25) is 0 Å². The van der Waals surface area contributed by atoms with Crippen molar-refractivity contribution in [3.05, 3.63) is 21.9 Å². The number of rotatable bonds is 6. The Labute approximate surface area is 145 Å². The van der Waals surface area contributed by atoms with Gasteiger partial charge >= 0.3 is 24.1 Å². The SMILES string of the molecule is CC(C)(C)OC(=O)N[C@@H](Cc1cn[nH]c1[N+](=O)[O-])C(=O)OCC(F)(F)F. The van der Waals surface area contributed by atoms with Gasteiger partial charge in [0.25, 0.3) is 0 Å². The number of ether oxygens (including phenoxy) is 2. The Hall–Kier alpha value is -2.86. The highest BCUT2D eigenvalue weighted by molar-refractivity contribution is 5.82. The van der Waals surface area contributed by atoms with E-state index in [1.807, 2.05) is 5.32 Å². The van der Waals surface area contributed by atoms with Crippen LogP contribution in [0.4, 0.5) is 23.8 Å². The van der Waals surface area contributed by atoms with Gasteiger partial charge in [-0.2, -0.15) is 13.2 Å². The third kappa shape index (κ3) is 7.36. The van der Waals surface area contributed by atoms with Gasteiger partial charge in [0.1, 0.15) is 11.6 Å². The summed E-state index contributed by atoms with van der Waals surface area (Å²) in [7, 11) is 0. The summed E-state index contributed by atoms with van der Waals surface area (Å²) in [5.74, 6) is -1.99. The predicted octanol–water partition coefficient (Wildman–Crippen LogP) is 1.86. The van der Waals surface area contributed by atoms with E-state index < -0.39 is 53.7 Å². The third-order valence-corrected chi connectivity index (χ3v) is 2.66. The number of hydrogen-bond donors (Lipinski definition) is 2. The summed E-state index contributed by atoms with van der Waals surface area (Å²) in [5.41, 5.74) is -1.05. The normalized spacial score (nSPS) is 13.0. The minimum Gasteiger partial charge on any atom is -0.454 e. The Morgan fingerprint density at radius 3 is 2.50 bits per heavy atom. The van der Waals surface area contributed by atoms with Gasteiger partial charge in [0.2, 0.25) is 0 Å². The first kappa shape index (κ1) is 21.2. The highest BCUT2D eigenvalue weighted by Crippen LogP contribution is 2.18. The molecule has 0 radical (unpaired) electrons. The summed E-state index contributed by atoms with van der Waals surface area (Å²) in [6.45, 7) is 2.73. The van der Waals surface area contributed by atoms with Crippen LogP contribution in [0.5, 0.6) is 0 Å². The van der Waals surface area contributed by atoms with Gasteiger partial charge < -0.3 is 24.9 Å². The van der Waals surface area contributed by atoms with Crippen LogP contribution in [0.15, 0.2) is 6.20 Å². The van der Waals surface area contributed by atoms with E-state index in [1.165, 1.54) is 20.8 Å². The molecule has 0 spiro atoms. The van der Waals surface area contributed by atoms with Crippen LogP contribution < -0.4 is 5.32 Å². The molecular formula is C13H17F3N4O6. The lowest BCUT2D eigenvalue weighted by Crippen LogP contribution is -2.46. The van der Waals surface area contributed by atoms with Crippen molar-refractivity contribution in [1.29, 1.82) is 0 Å². The number of carbonyl (C=O) groups is 2. The molecule has 10 nitrogen and oxygen atoms in total. The molecule has 0 fully saturated rings. The van der Waals surface area contributed by atoms with Gasteiger partial charge in [0.05, 0.1) is 11.8 Å². The average molecular weight is 382 g/mol. The zero-order valence-electron chi connectivity index (χ0n) is 14.0. The van der Waals surface area contributed by atoms with Crippen LogP contribution >= 0.6 is 0 Å². The average Bonchev–Trinajstić information content (AvgIpc) is 2.89. The summed E-state index contributed by atoms with van der Waals surface area (Å²) < 4.78 is 45.7. The Balaban J connectivity index is 2.93. The Morgan fingerprint density at radius 1 is 1.38 bits per heavy atom. The number of halogens is 3. The number of alkyl carbamates (subject to hydrolysis) is 1. The fourth-order valence-electron chi connectivity index (χ4n) is 1.73. The molecule has 146 valence electrons. The van der Waals surface area contributed by atoms with Crippen molar-refractivity contribution < 1.29 is 37.2 Å². The highest BCUT2D eigenvalue weighted by atomic mass is 19.4. The number of carbonyl (C=O) groups excluding carboxylic acids is 2. The molecule has 13 heteroatoms. The minimum atomic E-state index is -4.77. The largest absolute Gasteiger partial charge is 0.454 e. The molecule has 0 aliphatic carbocycles. The number of hydrogen-bond acceptors (Lipinski definition) is 7. The molecule has 1 atom stereocenters. The van der Waals surface area contributed by atoms with E-state index in [9.17, 15) is 32.9 Å². The minimum absolute atomic E-state index is 0.111. The number of alkyl halides is 3. The van der Waals surface area contributed by atoms with E-state index >= 15 is 0 Å². The molecule has 0 aliphatic rings. The van der Waals surface area contributed by atoms with E-state index in [0.717, 1.165) is 6.20 Å². The molecule has 0 aliphatic heterocycles. The van der Waals surface area contributed by atoms with Crippen molar-refractivity contribution >= 4 is 17.9 Å². The molecule has 0 saturated carbocycles. The van der Waals surface area contributed by atoms with Crippen LogP contribution in [-0.2, 0) is 20.7 Å². The number of H-pyrrole nitrogens is 1. The molecule has 0 aromatic carbocycles. The first-order chi connectivity index (χ1) is 11.8. The summed E-state index contributed by atoms with van der Waals surface area (Å²) in [6, 6.07) is -1.65. The third-order valence-electron chi connectivity index (χ3n) is 2.66. The topological polar surface area (TPSA) is 136 Å². The number of nitro groups is 1. The number of esters is 1. The first-order valence-electron chi connectivity index (χ1n) is 7.18. The van der Waals surface area contributed by atoms with Crippen molar-refractivity contribution in [2.75, 3.05) is 6.61 Å². The van der Waals surface area contributed by atoms with Crippen LogP contribution in [-0.4, -0.2) is 51.6 Å². The Kier molecular flexibility index (Phi) is 6.53. The van der Waals surface area contributed by atoms with Gasteiger partial charge in [-0.15, -0.1) is 5.10 Å². The Morgan fingerprint density at radius 2 is 2.00 bits per heavy atom. The van der Waals surface area contributed by atoms with Crippen molar-refractivity contribution in [2.24, 2.45) is 0 Å². The number of aromatic nitrogens is 2. The van der Waals surface area contributed by atoms with E-state index in [2.05, 4.69) is 14.9 Å². The van der Waals surface area contributed by atoms with Crippen LogP contribution in [0, 0.1) is 10.1 Å². The van der Waals surface area contributed by atoms with Crippen molar-refractivity contribution in [3.8, 4) is 0 Å². The lowest BCUT2D eigenvalue weighted by Gasteiger charge is -2.22. The van der Waals surface area contributed by atoms with Crippen molar-refractivity contribution in [1.82, 2.24) is 15.5 Å². The molecule has 1 rings (SSSR count). The lowest BCUT2D eigenvalue weighted by molar-refractivity contribution is -0.390.